The van der Waals surface area contributed by atoms with E-state index in [1.165, 1.54) is 23.5 Å². The van der Waals surface area contributed by atoms with Gasteiger partial charge >= 0.3 is 0 Å². The zero-order valence-corrected chi connectivity index (χ0v) is 22.2. The Bertz CT molecular complexity index is 1390. The molecule has 0 unspecified atom stereocenters. The van der Waals surface area contributed by atoms with E-state index in [1.54, 1.807) is 62.8 Å². The summed E-state index contributed by atoms with van der Waals surface area (Å²) in [4.78, 5) is 13.5. The molecule has 0 bridgehead atoms. The second kappa shape index (κ2) is 10.6. The lowest BCUT2D eigenvalue weighted by Gasteiger charge is -2.35. The SMILES string of the molecule is COc1ccc(S(=O)(=O)N2C[C@@H](C(=O)N[C@H](C)c3cc(OC)ccc3OC)Oc3cc(C)ccc32)cc1. The molecule has 0 fully saturated rings. The smallest absolute Gasteiger partial charge is 0.264 e. The molecule has 0 saturated carbocycles. The van der Waals surface area contributed by atoms with E-state index in [1.807, 2.05) is 13.8 Å². The van der Waals surface area contributed by atoms with Crippen molar-refractivity contribution in [2.45, 2.75) is 30.9 Å². The first-order valence-electron chi connectivity index (χ1n) is 11.6. The average molecular weight is 527 g/mol. The maximum atomic E-state index is 13.7. The van der Waals surface area contributed by atoms with Crippen LogP contribution in [0, 0.1) is 6.92 Å². The highest BCUT2D eigenvalue weighted by molar-refractivity contribution is 7.92. The average Bonchev–Trinajstić information content (AvgIpc) is 2.91. The lowest BCUT2D eigenvalue weighted by Crippen LogP contribution is -2.51. The summed E-state index contributed by atoms with van der Waals surface area (Å²) < 4.78 is 50.5. The molecule has 10 heteroatoms. The number of benzene rings is 3. The number of sulfonamides is 1. The number of ether oxygens (including phenoxy) is 4. The zero-order valence-electron chi connectivity index (χ0n) is 21.3. The van der Waals surface area contributed by atoms with Crippen molar-refractivity contribution in [3.05, 3.63) is 71.8 Å². The number of carbonyl (C=O) groups is 1. The van der Waals surface area contributed by atoms with Gasteiger partial charge in [-0.2, -0.15) is 0 Å². The minimum absolute atomic E-state index is 0.0790. The molecule has 0 spiro atoms. The van der Waals surface area contributed by atoms with Crippen LogP contribution in [-0.2, 0) is 14.8 Å². The molecule has 0 aromatic heterocycles. The van der Waals surface area contributed by atoms with Gasteiger partial charge in [0.15, 0.2) is 6.10 Å². The van der Waals surface area contributed by atoms with Crippen LogP contribution in [-0.4, -0.2) is 48.3 Å². The third-order valence-electron chi connectivity index (χ3n) is 6.19. The number of carbonyl (C=O) groups excluding carboxylic acids is 1. The molecule has 1 aliphatic heterocycles. The van der Waals surface area contributed by atoms with Crippen LogP contribution in [0.1, 0.15) is 24.1 Å². The number of amides is 1. The summed E-state index contributed by atoms with van der Waals surface area (Å²) >= 11 is 0. The summed E-state index contributed by atoms with van der Waals surface area (Å²) in [5.41, 5.74) is 1.95. The standard InChI is InChI=1S/C27H30N2O7S/c1-17-6-12-23-25(14-17)36-26(16-29(23)37(31,32)21-10-7-19(33-3)8-11-21)27(30)28-18(2)22-15-20(34-4)9-13-24(22)35-5/h6-15,18,26H,16H2,1-5H3,(H,28,30)/t18-,26+/m1/s1. The fourth-order valence-corrected chi connectivity index (χ4v) is 5.64. The predicted octanol–water partition coefficient (Wildman–Crippen LogP) is 3.85. The molecule has 0 aliphatic carbocycles. The van der Waals surface area contributed by atoms with Crippen LogP contribution in [0.25, 0.3) is 0 Å². The van der Waals surface area contributed by atoms with Crippen molar-refractivity contribution < 1.29 is 32.2 Å². The van der Waals surface area contributed by atoms with Crippen LogP contribution >= 0.6 is 0 Å². The maximum absolute atomic E-state index is 13.7. The molecule has 1 N–H and O–H groups in total. The highest BCUT2D eigenvalue weighted by Crippen LogP contribution is 2.38. The summed E-state index contributed by atoms with van der Waals surface area (Å²) in [5.74, 6) is 1.60. The van der Waals surface area contributed by atoms with Crippen LogP contribution in [0.2, 0.25) is 0 Å². The predicted molar refractivity (Wildman–Crippen MR) is 139 cm³/mol. The van der Waals surface area contributed by atoms with Gasteiger partial charge in [-0.1, -0.05) is 6.07 Å². The highest BCUT2D eigenvalue weighted by atomic mass is 32.2. The van der Waals surface area contributed by atoms with Gasteiger partial charge in [0, 0.05) is 5.56 Å². The monoisotopic (exact) mass is 526 g/mol. The van der Waals surface area contributed by atoms with E-state index in [9.17, 15) is 13.2 Å². The zero-order chi connectivity index (χ0) is 26.7. The summed E-state index contributed by atoms with van der Waals surface area (Å²) in [6.45, 7) is 3.48. The Kier molecular flexibility index (Phi) is 7.49. The first-order valence-corrected chi connectivity index (χ1v) is 13.1. The molecule has 0 saturated heterocycles. The van der Waals surface area contributed by atoms with Gasteiger partial charge in [-0.05, 0) is 74.0 Å². The van der Waals surface area contributed by atoms with E-state index >= 15 is 0 Å². The lowest BCUT2D eigenvalue weighted by molar-refractivity contribution is -0.128. The summed E-state index contributed by atoms with van der Waals surface area (Å²) in [6, 6.07) is 16.2. The summed E-state index contributed by atoms with van der Waals surface area (Å²) in [5, 5.41) is 2.93. The molecule has 9 nitrogen and oxygen atoms in total. The minimum atomic E-state index is -4.00. The van der Waals surface area contributed by atoms with Crippen molar-refractivity contribution >= 4 is 21.6 Å². The van der Waals surface area contributed by atoms with E-state index < -0.39 is 28.1 Å². The van der Waals surface area contributed by atoms with Gasteiger partial charge in [-0.25, -0.2) is 8.42 Å². The summed E-state index contributed by atoms with van der Waals surface area (Å²) in [7, 11) is 0.615. The minimum Gasteiger partial charge on any atom is -0.497 e. The molecular weight excluding hydrogens is 496 g/mol. The molecule has 1 amide bonds. The Morgan fingerprint density at radius 3 is 2.30 bits per heavy atom. The van der Waals surface area contributed by atoms with Gasteiger partial charge in [0.05, 0.1) is 44.5 Å². The molecule has 4 rings (SSSR count). The van der Waals surface area contributed by atoms with Gasteiger partial charge in [0.25, 0.3) is 15.9 Å². The largest absolute Gasteiger partial charge is 0.497 e. The van der Waals surface area contributed by atoms with Crippen molar-refractivity contribution in [2.75, 3.05) is 32.2 Å². The van der Waals surface area contributed by atoms with Gasteiger partial charge in [0.2, 0.25) is 0 Å². The molecular formula is C27H30N2O7S. The Hall–Kier alpha value is -3.92. The Morgan fingerprint density at radius 1 is 0.973 bits per heavy atom. The number of fused-ring (bicyclic) bond motifs is 1. The fraction of sp³-hybridized carbons (Fsp3) is 0.296. The van der Waals surface area contributed by atoms with Crippen molar-refractivity contribution in [1.29, 1.82) is 0 Å². The molecule has 0 radical (unpaired) electrons. The van der Waals surface area contributed by atoms with E-state index in [0.717, 1.165) is 5.56 Å². The third kappa shape index (κ3) is 5.29. The maximum Gasteiger partial charge on any atom is 0.264 e. The third-order valence-corrected chi connectivity index (χ3v) is 7.98. The number of anilines is 1. The number of aryl methyl sites for hydroxylation is 1. The second-order valence-corrected chi connectivity index (χ2v) is 10.5. The Balaban J connectivity index is 1.64. The van der Waals surface area contributed by atoms with Crippen molar-refractivity contribution in [1.82, 2.24) is 5.32 Å². The van der Waals surface area contributed by atoms with Crippen LogP contribution in [0.5, 0.6) is 23.0 Å². The number of methoxy groups -OCH3 is 3. The molecule has 1 heterocycles. The fourth-order valence-electron chi connectivity index (χ4n) is 4.16. The van der Waals surface area contributed by atoms with E-state index in [4.69, 9.17) is 18.9 Å². The second-order valence-electron chi connectivity index (χ2n) is 8.63. The topological polar surface area (TPSA) is 103 Å². The van der Waals surface area contributed by atoms with Gasteiger partial charge in [-0.3, -0.25) is 9.10 Å². The number of rotatable bonds is 8. The number of hydrogen-bond acceptors (Lipinski definition) is 7. The molecule has 3 aromatic carbocycles. The molecule has 3 aromatic rings. The molecule has 2 atom stereocenters. The van der Waals surface area contributed by atoms with E-state index in [0.29, 0.717) is 34.2 Å². The van der Waals surface area contributed by atoms with Gasteiger partial charge < -0.3 is 24.3 Å². The number of hydrogen-bond donors (Lipinski definition) is 1. The first-order chi connectivity index (χ1) is 17.7. The number of nitrogens with one attached hydrogen (secondary N) is 1. The van der Waals surface area contributed by atoms with Crippen molar-refractivity contribution in [3.8, 4) is 23.0 Å². The van der Waals surface area contributed by atoms with Crippen molar-refractivity contribution in [3.63, 3.8) is 0 Å². The molecule has 37 heavy (non-hydrogen) atoms. The highest BCUT2D eigenvalue weighted by Gasteiger charge is 2.38. The lowest BCUT2D eigenvalue weighted by atomic mass is 10.1. The molecule has 1 aliphatic rings. The van der Waals surface area contributed by atoms with E-state index in [-0.39, 0.29) is 11.4 Å². The van der Waals surface area contributed by atoms with Crippen molar-refractivity contribution in [2.24, 2.45) is 0 Å². The Morgan fingerprint density at radius 2 is 1.65 bits per heavy atom. The normalized spacial score (nSPS) is 15.7. The quantitative estimate of drug-likeness (QED) is 0.476. The van der Waals surface area contributed by atoms with Crippen LogP contribution in [0.15, 0.2) is 65.6 Å². The van der Waals surface area contributed by atoms with Gasteiger partial charge in [-0.15, -0.1) is 0 Å². The van der Waals surface area contributed by atoms with Crippen LogP contribution in [0.3, 0.4) is 0 Å². The Labute approximate surface area is 217 Å². The number of nitrogens with zero attached hydrogens (tertiary/aromatic N) is 1. The van der Waals surface area contributed by atoms with Crippen LogP contribution in [0.4, 0.5) is 5.69 Å². The summed E-state index contributed by atoms with van der Waals surface area (Å²) in [6.07, 6.45) is -1.08. The van der Waals surface area contributed by atoms with Gasteiger partial charge in [0.1, 0.15) is 23.0 Å². The molecule has 196 valence electrons. The first kappa shape index (κ1) is 26.2. The van der Waals surface area contributed by atoms with E-state index in [2.05, 4.69) is 5.32 Å². The van der Waals surface area contributed by atoms with Crippen LogP contribution < -0.4 is 28.6 Å².